The molecule has 0 bridgehead atoms. The Labute approximate surface area is 155 Å². The van der Waals surface area contributed by atoms with Crippen LogP contribution in [0.1, 0.15) is 56.8 Å². The number of ether oxygens (including phenoxy) is 2. The minimum absolute atomic E-state index is 0.0448. The first-order chi connectivity index (χ1) is 11.7. The zero-order valence-electron chi connectivity index (χ0n) is 16.3. The van der Waals surface area contributed by atoms with Crippen LogP contribution in [0.25, 0.3) is 0 Å². The van der Waals surface area contributed by atoms with Crippen molar-refractivity contribution in [3.63, 3.8) is 0 Å². The van der Waals surface area contributed by atoms with Crippen LogP contribution in [0.2, 0.25) is 0 Å². The van der Waals surface area contributed by atoms with Gasteiger partial charge in [0.1, 0.15) is 5.60 Å². The summed E-state index contributed by atoms with van der Waals surface area (Å²) in [5.41, 5.74) is -0.477. The lowest BCUT2D eigenvalue weighted by atomic mass is 10.1. The number of amides is 1. The minimum Gasteiger partial charge on any atom is -0.444 e. The van der Waals surface area contributed by atoms with E-state index in [9.17, 15) is 4.79 Å². The maximum atomic E-state index is 12.5. The Balaban J connectivity index is 1.92. The predicted octanol–water partition coefficient (Wildman–Crippen LogP) is 4.12. The Hall–Kier alpha value is -1.11. The van der Waals surface area contributed by atoms with Gasteiger partial charge in [0.2, 0.25) is 0 Å². The second-order valence-corrected chi connectivity index (χ2v) is 9.20. The summed E-state index contributed by atoms with van der Waals surface area (Å²) in [6.45, 7) is 13.9. The lowest BCUT2D eigenvalue weighted by Crippen LogP contribution is -2.52. The van der Waals surface area contributed by atoms with Crippen molar-refractivity contribution in [1.29, 1.82) is 0 Å². The molecule has 0 saturated carbocycles. The van der Waals surface area contributed by atoms with E-state index in [2.05, 4.69) is 38.2 Å². The average Bonchev–Trinajstić information content (AvgIpc) is 2.92. The van der Waals surface area contributed by atoms with E-state index in [-0.39, 0.29) is 18.2 Å². The Morgan fingerprint density at radius 2 is 2.16 bits per heavy atom. The molecule has 0 radical (unpaired) electrons. The van der Waals surface area contributed by atoms with Crippen molar-refractivity contribution in [2.75, 3.05) is 19.8 Å². The van der Waals surface area contributed by atoms with Gasteiger partial charge in [-0.05, 0) is 60.1 Å². The predicted molar refractivity (Wildman–Crippen MR) is 102 cm³/mol. The number of hydrogen-bond donors (Lipinski definition) is 1. The maximum Gasteiger partial charge on any atom is 0.410 e. The van der Waals surface area contributed by atoms with Crippen LogP contribution in [0.4, 0.5) is 4.79 Å². The van der Waals surface area contributed by atoms with Gasteiger partial charge in [-0.1, -0.05) is 0 Å². The summed E-state index contributed by atoms with van der Waals surface area (Å²) >= 11 is 1.82. The first-order valence-corrected chi connectivity index (χ1v) is 9.87. The fraction of sp³-hybridized carbons (Fsp3) is 0.737. The third-order valence-electron chi connectivity index (χ3n) is 4.20. The Morgan fingerprint density at radius 1 is 1.44 bits per heavy atom. The van der Waals surface area contributed by atoms with Crippen LogP contribution in [-0.4, -0.2) is 48.4 Å². The van der Waals surface area contributed by atoms with Crippen molar-refractivity contribution in [2.45, 2.75) is 71.7 Å². The molecule has 142 valence electrons. The lowest BCUT2D eigenvalue weighted by Gasteiger charge is -2.38. The number of nitrogens with one attached hydrogen (secondary N) is 1. The average molecular weight is 369 g/mol. The molecule has 3 atom stereocenters. The molecular formula is C19H32N2O3S. The molecule has 1 fully saturated rings. The summed E-state index contributed by atoms with van der Waals surface area (Å²) in [6, 6.07) is 4.95. The smallest absolute Gasteiger partial charge is 0.410 e. The van der Waals surface area contributed by atoms with Crippen molar-refractivity contribution in [1.82, 2.24) is 10.2 Å². The topological polar surface area (TPSA) is 50.8 Å². The van der Waals surface area contributed by atoms with Crippen molar-refractivity contribution in [2.24, 2.45) is 0 Å². The number of carbonyl (C=O) groups is 1. The second-order valence-electron chi connectivity index (χ2n) is 7.88. The van der Waals surface area contributed by atoms with Gasteiger partial charge in [0.05, 0.1) is 19.3 Å². The molecule has 1 aromatic rings. The maximum absolute atomic E-state index is 12.5. The van der Waals surface area contributed by atoms with Crippen LogP contribution in [0, 0.1) is 6.92 Å². The summed E-state index contributed by atoms with van der Waals surface area (Å²) in [7, 11) is 0. The van der Waals surface area contributed by atoms with Gasteiger partial charge < -0.3 is 19.7 Å². The molecule has 1 aliphatic heterocycles. The molecule has 1 aromatic heterocycles. The van der Waals surface area contributed by atoms with E-state index in [0.29, 0.717) is 25.8 Å². The van der Waals surface area contributed by atoms with E-state index >= 15 is 0 Å². The molecule has 6 heteroatoms. The highest BCUT2D eigenvalue weighted by Crippen LogP contribution is 2.24. The molecule has 0 aromatic carbocycles. The summed E-state index contributed by atoms with van der Waals surface area (Å²) in [6.07, 6.45) is 0.600. The van der Waals surface area contributed by atoms with Crippen molar-refractivity contribution < 1.29 is 14.3 Å². The monoisotopic (exact) mass is 368 g/mol. The second kappa shape index (κ2) is 8.52. The molecular weight excluding hydrogens is 336 g/mol. The molecule has 1 aliphatic rings. The van der Waals surface area contributed by atoms with Gasteiger partial charge in [-0.15, -0.1) is 11.3 Å². The van der Waals surface area contributed by atoms with Gasteiger partial charge >= 0.3 is 6.09 Å². The Morgan fingerprint density at radius 3 is 2.76 bits per heavy atom. The van der Waals surface area contributed by atoms with E-state index in [1.165, 1.54) is 9.75 Å². The zero-order valence-corrected chi connectivity index (χ0v) is 17.1. The fourth-order valence-corrected chi connectivity index (χ4v) is 3.97. The highest BCUT2D eigenvalue weighted by atomic mass is 32.1. The van der Waals surface area contributed by atoms with Gasteiger partial charge in [0.25, 0.3) is 0 Å². The van der Waals surface area contributed by atoms with Crippen molar-refractivity contribution >= 4 is 17.4 Å². The molecule has 0 aliphatic carbocycles. The van der Waals surface area contributed by atoms with E-state index in [0.717, 1.165) is 6.42 Å². The molecule has 1 N–H and O–H groups in total. The number of hydrogen-bond acceptors (Lipinski definition) is 5. The molecule has 2 heterocycles. The summed E-state index contributed by atoms with van der Waals surface area (Å²) in [5, 5.41) is 3.64. The Bertz CT molecular complexity index is 567. The third kappa shape index (κ3) is 6.28. The van der Waals surface area contributed by atoms with Crippen molar-refractivity contribution in [3.8, 4) is 0 Å². The van der Waals surface area contributed by atoms with Crippen LogP contribution in [-0.2, 0) is 9.47 Å². The van der Waals surface area contributed by atoms with Gasteiger partial charge in [0.15, 0.2) is 0 Å². The van der Waals surface area contributed by atoms with Crippen LogP contribution in [0.15, 0.2) is 12.1 Å². The fourth-order valence-electron chi connectivity index (χ4n) is 3.08. The summed E-state index contributed by atoms with van der Waals surface area (Å²) in [5.74, 6) is 0. The zero-order chi connectivity index (χ0) is 18.6. The first-order valence-electron chi connectivity index (χ1n) is 9.05. The normalized spacial score (nSPS) is 21.0. The summed E-state index contributed by atoms with van der Waals surface area (Å²) in [4.78, 5) is 17.0. The SMILES string of the molecule is Cc1ccc(C(C)NC(C)CC2COCCN2C(=O)OC(C)(C)C)s1. The van der Waals surface area contributed by atoms with Crippen LogP contribution < -0.4 is 5.32 Å². The molecule has 1 amide bonds. The summed E-state index contributed by atoms with van der Waals surface area (Å²) < 4.78 is 11.2. The van der Waals surface area contributed by atoms with E-state index < -0.39 is 5.60 Å². The van der Waals surface area contributed by atoms with Gasteiger partial charge in [-0.25, -0.2) is 4.79 Å². The lowest BCUT2D eigenvalue weighted by molar-refractivity contribution is -0.0357. The molecule has 5 nitrogen and oxygen atoms in total. The third-order valence-corrected chi connectivity index (χ3v) is 5.39. The number of carbonyl (C=O) groups excluding carboxylic acids is 1. The highest BCUT2D eigenvalue weighted by molar-refractivity contribution is 7.12. The quantitative estimate of drug-likeness (QED) is 0.849. The van der Waals surface area contributed by atoms with Crippen LogP contribution in [0.3, 0.4) is 0 Å². The minimum atomic E-state index is -0.477. The Kier molecular flexibility index (Phi) is 6.88. The van der Waals surface area contributed by atoms with Gasteiger partial charge in [0, 0.05) is 28.4 Å². The van der Waals surface area contributed by atoms with Crippen LogP contribution in [0.5, 0.6) is 0 Å². The van der Waals surface area contributed by atoms with E-state index in [1.54, 1.807) is 0 Å². The number of aryl methyl sites for hydroxylation is 1. The van der Waals surface area contributed by atoms with Gasteiger partial charge in [-0.2, -0.15) is 0 Å². The number of thiophene rings is 1. The van der Waals surface area contributed by atoms with Crippen molar-refractivity contribution in [3.05, 3.63) is 21.9 Å². The largest absolute Gasteiger partial charge is 0.444 e. The molecule has 0 spiro atoms. The molecule has 3 unspecified atom stereocenters. The molecule has 25 heavy (non-hydrogen) atoms. The van der Waals surface area contributed by atoms with E-state index in [1.807, 2.05) is 37.0 Å². The first kappa shape index (κ1) is 20.2. The molecule has 2 rings (SSSR count). The number of rotatable bonds is 5. The standard InChI is InChI=1S/C19H32N2O3S/c1-13(20-15(3)17-8-7-14(2)25-17)11-16-12-23-10-9-21(16)18(22)24-19(4,5)6/h7-8,13,15-16,20H,9-12H2,1-6H3. The number of morpholine rings is 1. The molecule has 1 saturated heterocycles. The van der Waals surface area contributed by atoms with Crippen LogP contribution >= 0.6 is 11.3 Å². The van der Waals surface area contributed by atoms with E-state index in [4.69, 9.17) is 9.47 Å². The van der Waals surface area contributed by atoms with Gasteiger partial charge in [-0.3, -0.25) is 0 Å². The number of nitrogens with zero attached hydrogens (tertiary/aromatic N) is 1. The highest BCUT2D eigenvalue weighted by Gasteiger charge is 2.32.